The second-order valence-electron chi connectivity index (χ2n) is 4.12. The third-order valence-corrected chi connectivity index (χ3v) is 2.85. The van der Waals surface area contributed by atoms with Gasteiger partial charge in [0.25, 0.3) is 0 Å². The van der Waals surface area contributed by atoms with Gasteiger partial charge in [0.1, 0.15) is 11.4 Å². The summed E-state index contributed by atoms with van der Waals surface area (Å²) in [5.41, 5.74) is 3.53. The van der Waals surface area contributed by atoms with E-state index in [0.29, 0.717) is 6.42 Å². The van der Waals surface area contributed by atoms with Crippen molar-refractivity contribution in [2.75, 3.05) is 0 Å². The lowest BCUT2D eigenvalue weighted by Gasteiger charge is -2.26. The van der Waals surface area contributed by atoms with Crippen LogP contribution in [0.15, 0.2) is 5.16 Å². The molecule has 4 nitrogen and oxygen atoms in total. The summed E-state index contributed by atoms with van der Waals surface area (Å²) in [5.74, 6) is -0.0580. The fourth-order valence-corrected chi connectivity index (χ4v) is 1.62. The van der Waals surface area contributed by atoms with Crippen molar-refractivity contribution in [1.82, 2.24) is 5.32 Å². The first-order chi connectivity index (χ1) is 7.34. The topological polar surface area (TPSA) is 70.6 Å². The van der Waals surface area contributed by atoms with Crippen molar-refractivity contribution < 1.29 is 18.4 Å². The molecule has 0 spiro atoms. The van der Waals surface area contributed by atoms with Gasteiger partial charge in [-0.25, -0.2) is 0 Å². The second kappa shape index (κ2) is 4.48. The second-order valence-corrected chi connectivity index (χ2v) is 4.12. The lowest BCUT2D eigenvalue weighted by molar-refractivity contribution is -0.167. The third-order valence-electron chi connectivity index (χ3n) is 2.85. The van der Waals surface area contributed by atoms with Gasteiger partial charge in [0.15, 0.2) is 0 Å². The Labute approximate surface area is 91.7 Å². The van der Waals surface area contributed by atoms with E-state index in [0.717, 1.165) is 0 Å². The standard InChI is InChI=1S/C9H16F3N3O/c1-2-6(5-7(13)15-16)14-8(3-4-8)9(10,11)12/h6,14,16H,2-5H2,1H3,(H2,13,15). The van der Waals surface area contributed by atoms with Crippen LogP contribution < -0.4 is 11.1 Å². The van der Waals surface area contributed by atoms with Crippen LogP contribution >= 0.6 is 0 Å². The van der Waals surface area contributed by atoms with Gasteiger partial charge < -0.3 is 16.3 Å². The fraction of sp³-hybridized carbons (Fsp3) is 0.889. The summed E-state index contributed by atoms with van der Waals surface area (Å²) in [7, 11) is 0. The molecule has 16 heavy (non-hydrogen) atoms. The molecule has 0 aliphatic heterocycles. The van der Waals surface area contributed by atoms with Gasteiger partial charge in [-0.15, -0.1) is 0 Å². The molecule has 1 saturated carbocycles. The molecule has 0 aromatic heterocycles. The lowest BCUT2D eigenvalue weighted by Crippen LogP contribution is -2.50. The molecule has 0 saturated heterocycles. The molecular weight excluding hydrogens is 223 g/mol. The van der Waals surface area contributed by atoms with Gasteiger partial charge >= 0.3 is 6.18 Å². The van der Waals surface area contributed by atoms with Gasteiger partial charge in [-0.3, -0.25) is 0 Å². The Kier molecular flexibility index (Phi) is 3.67. The van der Waals surface area contributed by atoms with Gasteiger partial charge in [-0.1, -0.05) is 12.1 Å². The molecule has 0 aromatic rings. The Morgan fingerprint density at radius 2 is 2.12 bits per heavy atom. The Morgan fingerprint density at radius 3 is 2.44 bits per heavy atom. The van der Waals surface area contributed by atoms with E-state index in [1.165, 1.54) is 0 Å². The number of rotatable bonds is 5. The van der Waals surface area contributed by atoms with E-state index in [9.17, 15) is 13.2 Å². The minimum atomic E-state index is -4.23. The summed E-state index contributed by atoms with van der Waals surface area (Å²) >= 11 is 0. The van der Waals surface area contributed by atoms with Crippen LogP contribution in [-0.2, 0) is 0 Å². The van der Waals surface area contributed by atoms with Gasteiger partial charge in [0.05, 0.1) is 0 Å². The maximum atomic E-state index is 12.6. The Balaban J connectivity index is 2.58. The van der Waals surface area contributed by atoms with E-state index < -0.39 is 17.8 Å². The highest BCUT2D eigenvalue weighted by Crippen LogP contribution is 2.49. The smallest absolute Gasteiger partial charge is 0.406 e. The molecule has 1 fully saturated rings. The van der Waals surface area contributed by atoms with E-state index in [4.69, 9.17) is 10.9 Å². The molecule has 0 heterocycles. The molecule has 0 bridgehead atoms. The van der Waals surface area contributed by atoms with Gasteiger partial charge in [0, 0.05) is 12.5 Å². The molecule has 7 heteroatoms. The fourth-order valence-electron chi connectivity index (χ4n) is 1.62. The number of hydrogen-bond donors (Lipinski definition) is 3. The highest BCUT2D eigenvalue weighted by Gasteiger charge is 2.63. The summed E-state index contributed by atoms with van der Waals surface area (Å²) in [6.45, 7) is 1.76. The highest BCUT2D eigenvalue weighted by molar-refractivity contribution is 5.80. The van der Waals surface area contributed by atoms with Crippen molar-refractivity contribution in [2.24, 2.45) is 10.9 Å². The van der Waals surface area contributed by atoms with E-state index in [1.807, 2.05) is 0 Å². The minimum Gasteiger partial charge on any atom is -0.409 e. The van der Waals surface area contributed by atoms with Crippen molar-refractivity contribution in [1.29, 1.82) is 0 Å². The molecule has 0 radical (unpaired) electrons. The molecular formula is C9H16F3N3O. The van der Waals surface area contributed by atoms with Crippen molar-refractivity contribution >= 4 is 5.84 Å². The van der Waals surface area contributed by atoms with Crippen LogP contribution in [0.3, 0.4) is 0 Å². The maximum absolute atomic E-state index is 12.6. The Morgan fingerprint density at radius 1 is 1.56 bits per heavy atom. The summed E-state index contributed by atoms with van der Waals surface area (Å²) in [5, 5.41) is 13.7. The molecule has 1 rings (SSSR count). The van der Waals surface area contributed by atoms with Gasteiger partial charge in [0.2, 0.25) is 0 Å². The molecule has 1 atom stereocenters. The number of hydrogen-bond acceptors (Lipinski definition) is 3. The molecule has 0 aromatic carbocycles. The highest BCUT2D eigenvalue weighted by atomic mass is 19.4. The number of oxime groups is 1. The maximum Gasteiger partial charge on any atom is 0.406 e. The Hall–Kier alpha value is -0.980. The first-order valence-electron chi connectivity index (χ1n) is 5.15. The minimum absolute atomic E-state index is 0.0580. The zero-order valence-electron chi connectivity index (χ0n) is 9.01. The predicted octanol–water partition coefficient (Wildman–Crippen LogP) is 1.59. The molecule has 94 valence electrons. The lowest BCUT2D eigenvalue weighted by atomic mass is 10.1. The van der Waals surface area contributed by atoms with Crippen LogP contribution in [0.25, 0.3) is 0 Å². The average molecular weight is 239 g/mol. The number of nitrogens with two attached hydrogens (primary N) is 1. The van der Waals surface area contributed by atoms with Crippen LogP contribution in [0, 0.1) is 0 Å². The number of amidine groups is 1. The van der Waals surface area contributed by atoms with E-state index in [-0.39, 0.29) is 25.1 Å². The largest absolute Gasteiger partial charge is 0.409 e. The third kappa shape index (κ3) is 2.78. The molecule has 1 aliphatic rings. The van der Waals surface area contributed by atoms with Crippen molar-refractivity contribution in [3.8, 4) is 0 Å². The Bertz CT molecular complexity index is 274. The summed E-state index contributed by atoms with van der Waals surface area (Å²) < 4.78 is 37.9. The number of alkyl halides is 3. The van der Waals surface area contributed by atoms with Crippen molar-refractivity contribution in [3.05, 3.63) is 0 Å². The van der Waals surface area contributed by atoms with Crippen LogP contribution in [0.1, 0.15) is 32.6 Å². The molecule has 1 aliphatic carbocycles. The quantitative estimate of drug-likeness (QED) is 0.295. The van der Waals surface area contributed by atoms with Crippen LogP contribution in [-0.4, -0.2) is 28.8 Å². The van der Waals surface area contributed by atoms with E-state index in [2.05, 4.69) is 10.5 Å². The van der Waals surface area contributed by atoms with Crippen molar-refractivity contribution in [3.63, 3.8) is 0 Å². The van der Waals surface area contributed by atoms with E-state index >= 15 is 0 Å². The predicted molar refractivity (Wildman–Crippen MR) is 53.3 cm³/mol. The monoisotopic (exact) mass is 239 g/mol. The zero-order chi connectivity index (χ0) is 12.4. The summed E-state index contributed by atoms with van der Waals surface area (Å²) in [6, 6.07) is -0.417. The van der Waals surface area contributed by atoms with Crippen LogP contribution in [0.4, 0.5) is 13.2 Å². The van der Waals surface area contributed by atoms with Gasteiger partial charge in [-0.05, 0) is 19.3 Å². The van der Waals surface area contributed by atoms with Crippen LogP contribution in [0.2, 0.25) is 0 Å². The molecule has 4 N–H and O–H groups in total. The van der Waals surface area contributed by atoms with Gasteiger partial charge in [-0.2, -0.15) is 13.2 Å². The number of nitrogens with one attached hydrogen (secondary N) is 1. The number of halogens is 3. The summed E-state index contributed by atoms with van der Waals surface area (Å²) in [4.78, 5) is 0. The first kappa shape index (κ1) is 13.1. The van der Waals surface area contributed by atoms with Crippen molar-refractivity contribution in [2.45, 2.75) is 50.4 Å². The first-order valence-corrected chi connectivity index (χ1v) is 5.15. The van der Waals surface area contributed by atoms with Crippen LogP contribution in [0.5, 0.6) is 0 Å². The number of nitrogens with zero attached hydrogens (tertiary/aromatic N) is 1. The SMILES string of the molecule is CCC(CC(N)=NO)NC1(C(F)(F)F)CC1. The summed E-state index contributed by atoms with van der Waals surface area (Å²) in [6.07, 6.45) is -3.42. The van der Waals surface area contributed by atoms with E-state index in [1.54, 1.807) is 6.92 Å². The normalized spacial score (nSPS) is 21.9. The molecule has 0 amide bonds. The average Bonchev–Trinajstić information content (AvgIpc) is 2.96. The zero-order valence-corrected chi connectivity index (χ0v) is 9.01. The molecule has 1 unspecified atom stereocenters.